The van der Waals surface area contributed by atoms with Crippen molar-refractivity contribution in [2.24, 2.45) is 0 Å². The molecule has 0 aliphatic heterocycles. The Bertz CT molecular complexity index is 744. The van der Waals surface area contributed by atoms with E-state index >= 15 is 0 Å². The summed E-state index contributed by atoms with van der Waals surface area (Å²) in [5.74, 6) is 0. The van der Waals surface area contributed by atoms with Gasteiger partial charge in [0.15, 0.2) is 0 Å². The summed E-state index contributed by atoms with van der Waals surface area (Å²) in [6, 6.07) is 0. The summed E-state index contributed by atoms with van der Waals surface area (Å²) in [5.41, 5.74) is 3.81. The van der Waals surface area contributed by atoms with Crippen molar-refractivity contribution in [2.45, 2.75) is 160 Å². The maximum atomic E-state index is 3.19. The first-order valence-corrected chi connectivity index (χ1v) is 44.4. The van der Waals surface area contributed by atoms with Crippen molar-refractivity contribution in [3.05, 3.63) is 11.3 Å². The van der Waals surface area contributed by atoms with Crippen molar-refractivity contribution in [2.75, 3.05) is 0 Å². The van der Waals surface area contributed by atoms with E-state index in [-0.39, 0.29) is 0 Å². The largest absolute Gasteiger partial charge is 0.0915 e. The minimum absolute atomic E-state index is 0.893. The highest BCUT2D eigenvalue weighted by molar-refractivity contribution is 7.91. The highest BCUT2D eigenvalue weighted by Gasteiger charge is 2.68. The standard InChI is InChI=1S/C27H68Si8/c1-28(2,3)23-22-24(35(32(13,14)15,33(16,17)18)34(19,20)21)26(30(7,8)9)27(31(10,11)12)25(23)29(4,5)6/h22-23,25-27H,1-21H3/t23-,25+,26-,27-/m0/s1. The Labute approximate surface area is 231 Å². The van der Waals surface area contributed by atoms with Crippen molar-refractivity contribution in [1.82, 2.24) is 0 Å². The molecule has 1 rings (SSSR count). The molecule has 4 atom stereocenters. The van der Waals surface area contributed by atoms with Gasteiger partial charge in [0.1, 0.15) is 0 Å². The predicted molar refractivity (Wildman–Crippen MR) is 192 cm³/mol. The zero-order valence-electron chi connectivity index (χ0n) is 28.4. The minimum atomic E-state index is -1.63. The van der Waals surface area contributed by atoms with Gasteiger partial charge >= 0.3 is 0 Å². The second-order valence-electron chi connectivity index (χ2n) is 19.6. The van der Waals surface area contributed by atoms with Gasteiger partial charge in [0.05, 0.1) is 22.8 Å². The lowest BCUT2D eigenvalue weighted by Gasteiger charge is -2.66. The molecule has 0 radical (unpaired) electrons. The van der Waals surface area contributed by atoms with Crippen molar-refractivity contribution < 1.29 is 0 Å². The SMILES string of the molecule is C[Si](C)(C)[C@H]1[C@H]([Si](C)(C)C)[C@@H]([Si](C)(C)C)C([Si]([Si](C)(C)C)([Si](C)(C)C)[Si](C)(C)C)=C[C@@H]1[Si](C)(C)C. The molecule has 1 aliphatic carbocycles. The van der Waals surface area contributed by atoms with E-state index < -0.39 is 61.7 Å². The average molecular weight is 618 g/mol. The van der Waals surface area contributed by atoms with Crippen molar-refractivity contribution in [1.29, 1.82) is 0 Å². The van der Waals surface area contributed by atoms with Crippen LogP contribution < -0.4 is 0 Å². The van der Waals surface area contributed by atoms with Crippen LogP contribution in [0.15, 0.2) is 11.3 Å². The molecule has 1 aliphatic rings. The van der Waals surface area contributed by atoms with Crippen LogP contribution in [0, 0.1) is 0 Å². The third-order valence-electron chi connectivity index (χ3n) is 9.57. The lowest BCUT2D eigenvalue weighted by molar-refractivity contribution is 0.643. The molecule has 0 bridgehead atoms. The van der Waals surface area contributed by atoms with Gasteiger partial charge in [-0.1, -0.05) is 149 Å². The second kappa shape index (κ2) is 9.84. The van der Waals surface area contributed by atoms with Crippen LogP contribution in [0.3, 0.4) is 0 Å². The first-order chi connectivity index (χ1) is 14.8. The number of hydrogen-bond acceptors (Lipinski definition) is 0. The second-order valence-corrected chi connectivity index (χ2v) is 81.5. The Morgan fingerprint density at radius 1 is 0.400 bits per heavy atom. The normalized spacial score (nSPS) is 26.6. The van der Waals surface area contributed by atoms with Crippen molar-refractivity contribution in [3.8, 4) is 0 Å². The molecule has 208 valence electrons. The lowest BCUT2D eigenvalue weighted by Crippen LogP contribution is -2.85. The quantitative estimate of drug-likeness (QED) is 0.238. The maximum Gasteiger partial charge on any atom is 0.0632 e. The summed E-state index contributed by atoms with van der Waals surface area (Å²) in [7, 11) is -9.78. The Morgan fingerprint density at radius 2 is 0.714 bits per heavy atom. The Kier molecular flexibility index (Phi) is 9.70. The molecule has 8 heteroatoms. The summed E-state index contributed by atoms with van der Waals surface area (Å²) in [5, 5.41) is 2.24. The molecule has 0 unspecified atom stereocenters. The van der Waals surface area contributed by atoms with E-state index in [1.807, 2.05) is 0 Å². The van der Waals surface area contributed by atoms with Gasteiger partial charge in [-0.15, -0.1) is 0 Å². The molecule has 0 nitrogen and oxygen atoms in total. The fourth-order valence-electron chi connectivity index (χ4n) is 9.97. The predicted octanol–water partition coefficient (Wildman–Crippen LogP) is 11.0. The van der Waals surface area contributed by atoms with Crippen LogP contribution in [0.5, 0.6) is 0 Å². The summed E-state index contributed by atoms with van der Waals surface area (Å²) in [6.45, 7) is 57.1. The van der Waals surface area contributed by atoms with E-state index in [0.29, 0.717) is 0 Å². The molecule has 0 N–H and O–H groups in total. The van der Waals surface area contributed by atoms with Gasteiger partial charge in [-0.05, 0) is 22.2 Å². The van der Waals surface area contributed by atoms with Crippen LogP contribution >= 0.6 is 0 Å². The van der Waals surface area contributed by atoms with Gasteiger partial charge in [0.25, 0.3) is 0 Å². The molecule has 0 saturated heterocycles. The minimum Gasteiger partial charge on any atom is -0.0915 e. The van der Waals surface area contributed by atoms with Gasteiger partial charge in [0, 0.05) is 38.9 Å². The first kappa shape index (κ1) is 34.5. The number of hydrogen-bond donors (Lipinski definition) is 0. The highest BCUT2D eigenvalue weighted by Crippen LogP contribution is 2.67. The molecule has 0 aromatic carbocycles. The highest BCUT2D eigenvalue weighted by atomic mass is 29.9. The van der Waals surface area contributed by atoms with Crippen LogP contribution in [0.4, 0.5) is 0 Å². The monoisotopic (exact) mass is 616 g/mol. The molecule has 0 aromatic rings. The summed E-state index contributed by atoms with van der Waals surface area (Å²) >= 11 is 0. The fraction of sp³-hybridized carbons (Fsp3) is 0.926. The third-order valence-corrected chi connectivity index (χ3v) is 92.8. The van der Waals surface area contributed by atoms with Crippen LogP contribution in [0.2, 0.25) is 160 Å². The summed E-state index contributed by atoms with van der Waals surface area (Å²) < 4.78 is 0. The fourth-order valence-corrected chi connectivity index (χ4v) is 133. The lowest BCUT2D eigenvalue weighted by atomic mass is 10.0. The van der Waals surface area contributed by atoms with Crippen LogP contribution in [0.25, 0.3) is 0 Å². The van der Waals surface area contributed by atoms with E-state index in [2.05, 4.69) is 149 Å². The number of rotatable bonds is 8. The smallest absolute Gasteiger partial charge is 0.0632 e. The van der Waals surface area contributed by atoms with E-state index in [9.17, 15) is 0 Å². The molecule has 0 aromatic heterocycles. The molecule has 0 heterocycles. The molecular weight excluding hydrogens is 549 g/mol. The third kappa shape index (κ3) is 6.46. The van der Waals surface area contributed by atoms with E-state index in [1.165, 1.54) is 0 Å². The van der Waals surface area contributed by atoms with E-state index in [0.717, 1.165) is 22.2 Å². The first-order valence-electron chi connectivity index (χ1n) is 14.6. The number of allylic oxidation sites excluding steroid dienone is 2. The van der Waals surface area contributed by atoms with Crippen LogP contribution in [-0.2, 0) is 0 Å². The van der Waals surface area contributed by atoms with Gasteiger partial charge in [0.2, 0.25) is 0 Å². The van der Waals surface area contributed by atoms with Crippen molar-refractivity contribution >= 4 is 61.7 Å². The van der Waals surface area contributed by atoms with Crippen LogP contribution in [-0.4, -0.2) is 61.7 Å². The van der Waals surface area contributed by atoms with Crippen molar-refractivity contribution in [3.63, 3.8) is 0 Å². The molecule has 0 amide bonds. The Morgan fingerprint density at radius 3 is 0.914 bits per heavy atom. The zero-order chi connectivity index (χ0) is 28.6. The van der Waals surface area contributed by atoms with Gasteiger partial charge < -0.3 is 0 Å². The van der Waals surface area contributed by atoms with E-state index in [1.54, 1.807) is 0 Å². The Hall–Kier alpha value is 1.48. The summed E-state index contributed by atoms with van der Waals surface area (Å²) in [4.78, 5) is 0. The summed E-state index contributed by atoms with van der Waals surface area (Å²) in [6.07, 6.45) is 3.19. The van der Waals surface area contributed by atoms with E-state index in [4.69, 9.17) is 0 Å². The van der Waals surface area contributed by atoms with Crippen LogP contribution in [0.1, 0.15) is 0 Å². The van der Waals surface area contributed by atoms with Gasteiger partial charge in [-0.2, -0.15) is 0 Å². The zero-order valence-corrected chi connectivity index (χ0v) is 36.4. The molecule has 0 spiro atoms. The average Bonchev–Trinajstić information content (AvgIpc) is 2.45. The Balaban J connectivity index is 4.56. The van der Waals surface area contributed by atoms with Gasteiger partial charge in [-0.25, -0.2) is 0 Å². The maximum absolute atomic E-state index is 3.19. The topological polar surface area (TPSA) is 0 Å². The molecule has 35 heavy (non-hydrogen) atoms. The molecule has 0 fully saturated rings. The van der Waals surface area contributed by atoms with Gasteiger partial charge in [-0.3, -0.25) is 0 Å². The molecular formula is C27H68Si8. The molecule has 0 saturated carbocycles.